The molecule has 2 unspecified atom stereocenters. The number of carbonyl (C=O) groups excluding carboxylic acids is 1. The van der Waals surface area contributed by atoms with E-state index in [-0.39, 0.29) is 0 Å². The molecule has 0 bridgehead atoms. The van der Waals surface area contributed by atoms with Crippen LogP contribution in [0.5, 0.6) is 11.5 Å². The van der Waals surface area contributed by atoms with Gasteiger partial charge in [0.25, 0.3) is 0 Å². The molecule has 5 heteroatoms. The van der Waals surface area contributed by atoms with Gasteiger partial charge in [0.1, 0.15) is 11.5 Å². The van der Waals surface area contributed by atoms with Gasteiger partial charge in [0, 0.05) is 11.6 Å². The Bertz CT molecular complexity index is 444. The van der Waals surface area contributed by atoms with Crippen molar-refractivity contribution in [2.75, 3.05) is 20.8 Å². The Morgan fingerprint density at radius 3 is 2.45 bits per heavy atom. The zero-order valence-electron chi connectivity index (χ0n) is 12.4. The molecule has 20 heavy (non-hydrogen) atoms. The second kappa shape index (κ2) is 7.75. The standard InChI is InChI=1S/C15H22O5/c1-5-11(15(17)20-6-2)14(16)12-8-7-10(18-3)9-13(12)19-4/h7-9,11,14,16H,5-6H2,1-4H3. The zero-order chi connectivity index (χ0) is 15.1. The molecule has 0 aliphatic carbocycles. The van der Waals surface area contributed by atoms with E-state index in [4.69, 9.17) is 14.2 Å². The maximum Gasteiger partial charge on any atom is 0.311 e. The molecular weight excluding hydrogens is 260 g/mol. The molecule has 0 saturated heterocycles. The van der Waals surface area contributed by atoms with Gasteiger partial charge in [0.2, 0.25) is 0 Å². The predicted octanol–water partition coefficient (Wildman–Crippen LogP) is 2.33. The van der Waals surface area contributed by atoms with Crippen molar-refractivity contribution in [1.82, 2.24) is 0 Å². The summed E-state index contributed by atoms with van der Waals surface area (Å²) in [7, 11) is 3.06. The van der Waals surface area contributed by atoms with Crippen LogP contribution in [0.3, 0.4) is 0 Å². The topological polar surface area (TPSA) is 65.0 Å². The fourth-order valence-electron chi connectivity index (χ4n) is 2.05. The third kappa shape index (κ3) is 3.63. The third-order valence-corrected chi connectivity index (χ3v) is 3.17. The number of aliphatic hydroxyl groups excluding tert-OH is 1. The second-order valence-electron chi connectivity index (χ2n) is 4.32. The lowest BCUT2D eigenvalue weighted by Crippen LogP contribution is -2.24. The molecule has 0 radical (unpaired) electrons. The Balaban J connectivity index is 3.05. The van der Waals surface area contributed by atoms with E-state index in [2.05, 4.69) is 0 Å². The molecule has 1 aromatic rings. The molecule has 0 spiro atoms. The maximum atomic E-state index is 11.9. The van der Waals surface area contributed by atoms with E-state index in [1.165, 1.54) is 7.11 Å². The fourth-order valence-corrected chi connectivity index (χ4v) is 2.05. The number of aliphatic hydroxyl groups is 1. The molecule has 0 heterocycles. The van der Waals surface area contributed by atoms with Gasteiger partial charge in [-0.3, -0.25) is 4.79 Å². The van der Waals surface area contributed by atoms with Crippen LogP contribution in [0.2, 0.25) is 0 Å². The summed E-state index contributed by atoms with van der Waals surface area (Å²) >= 11 is 0. The van der Waals surface area contributed by atoms with Gasteiger partial charge < -0.3 is 19.3 Å². The van der Waals surface area contributed by atoms with Crippen molar-refractivity contribution in [2.24, 2.45) is 5.92 Å². The van der Waals surface area contributed by atoms with E-state index in [0.29, 0.717) is 30.1 Å². The fraction of sp³-hybridized carbons (Fsp3) is 0.533. The van der Waals surface area contributed by atoms with Crippen LogP contribution in [0, 0.1) is 5.92 Å². The smallest absolute Gasteiger partial charge is 0.311 e. The first-order chi connectivity index (χ1) is 9.58. The monoisotopic (exact) mass is 282 g/mol. The van der Waals surface area contributed by atoms with E-state index in [1.807, 2.05) is 6.92 Å². The number of esters is 1. The molecule has 1 rings (SSSR count). The van der Waals surface area contributed by atoms with Gasteiger partial charge in [0.15, 0.2) is 0 Å². The lowest BCUT2D eigenvalue weighted by molar-refractivity contribution is -0.152. The van der Waals surface area contributed by atoms with E-state index in [1.54, 1.807) is 32.2 Å². The summed E-state index contributed by atoms with van der Waals surface area (Å²) in [6.07, 6.45) is -0.491. The predicted molar refractivity (Wildman–Crippen MR) is 74.9 cm³/mol. The summed E-state index contributed by atoms with van der Waals surface area (Å²) in [5, 5.41) is 10.4. The van der Waals surface area contributed by atoms with Crippen LogP contribution < -0.4 is 9.47 Å². The van der Waals surface area contributed by atoms with Gasteiger partial charge >= 0.3 is 5.97 Å². The van der Waals surface area contributed by atoms with Crippen molar-refractivity contribution < 1.29 is 24.1 Å². The number of ether oxygens (including phenoxy) is 3. The van der Waals surface area contributed by atoms with Gasteiger partial charge in [-0.1, -0.05) is 6.92 Å². The first-order valence-corrected chi connectivity index (χ1v) is 6.65. The molecule has 2 atom stereocenters. The van der Waals surface area contributed by atoms with Crippen molar-refractivity contribution >= 4 is 5.97 Å². The van der Waals surface area contributed by atoms with Gasteiger partial charge in [-0.05, 0) is 25.5 Å². The van der Waals surface area contributed by atoms with Crippen molar-refractivity contribution in [3.8, 4) is 11.5 Å². The number of hydrogen-bond acceptors (Lipinski definition) is 5. The van der Waals surface area contributed by atoms with Crippen LogP contribution >= 0.6 is 0 Å². The SMILES string of the molecule is CCOC(=O)C(CC)C(O)c1ccc(OC)cc1OC. The third-order valence-electron chi connectivity index (χ3n) is 3.17. The first kappa shape index (κ1) is 16.3. The van der Waals surface area contributed by atoms with Crippen LogP contribution in [0.15, 0.2) is 18.2 Å². The summed E-state index contributed by atoms with van der Waals surface area (Å²) in [6.45, 7) is 3.87. The highest BCUT2D eigenvalue weighted by Crippen LogP contribution is 2.34. The molecule has 112 valence electrons. The maximum absolute atomic E-state index is 11.9. The zero-order valence-corrected chi connectivity index (χ0v) is 12.4. The van der Waals surface area contributed by atoms with Crippen LogP contribution in [-0.2, 0) is 9.53 Å². The highest BCUT2D eigenvalue weighted by molar-refractivity contribution is 5.73. The minimum absolute atomic E-state index is 0.293. The summed E-state index contributed by atoms with van der Waals surface area (Å²) < 4.78 is 15.4. The van der Waals surface area contributed by atoms with E-state index < -0.39 is 18.0 Å². The van der Waals surface area contributed by atoms with Gasteiger partial charge in [-0.2, -0.15) is 0 Å². The molecule has 0 amide bonds. The first-order valence-electron chi connectivity index (χ1n) is 6.65. The summed E-state index contributed by atoms with van der Waals surface area (Å²) in [5.74, 6) is 0.0965. The Labute approximate surface area is 119 Å². The minimum atomic E-state index is -0.972. The second-order valence-corrected chi connectivity index (χ2v) is 4.32. The lowest BCUT2D eigenvalue weighted by atomic mass is 9.93. The Hall–Kier alpha value is -1.75. The van der Waals surface area contributed by atoms with E-state index in [0.717, 1.165) is 0 Å². The average Bonchev–Trinajstić information content (AvgIpc) is 2.47. The summed E-state index contributed by atoms with van der Waals surface area (Å²) in [5.41, 5.74) is 0.549. The van der Waals surface area contributed by atoms with Crippen LogP contribution in [0.4, 0.5) is 0 Å². The quantitative estimate of drug-likeness (QED) is 0.778. The Morgan fingerprint density at radius 2 is 1.95 bits per heavy atom. The van der Waals surface area contributed by atoms with Crippen molar-refractivity contribution in [2.45, 2.75) is 26.4 Å². The number of rotatable bonds is 7. The van der Waals surface area contributed by atoms with E-state index >= 15 is 0 Å². The van der Waals surface area contributed by atoms with Crippen molar-refractivity contribution in [1.29, 1.82) is 0 Å². The molecule has 0 fully saturated rings. The van der Waals surface area contributed by atoms with Crippen molar-refractivity contribution in [3.05, 3.63) is 23.8 Å². The van der Waals surface area contributed by atoms with Gasteiger partial charge in [-0.25, -0.2) is 0 Å². The van der Waals surface area contributed by atoms with Crippen molar-refractivity contribution in [3.63, 3.8) is 0 Å². The molecule has 0 aliphatic rings. The molecule has 0 saturated carbocycles. The lowest BCUT2D eigenvalue weighted by Gasteiger charge is -2.22. The van der Waals surface area contributed by atoms with E-state index in [9.17, 15) is 9.90 Å². The van der Waals surface area contributed by atoms with Gasteiger partial charge in [0.05, 0.1) is 32.8 Å². The number of hydrogen-bond donors (Lipinski definition) is 1. The molecule has 0 aromatic heterocycles. The molecular formula is C15H22O5. The minimum Gasteiger partial charge on any atom is -0.497 e. The number of benzene rings is 1. The van der Waals surface area contributed by atoms with Crippen LogP contribution in [-0.4, -0.2) is 31.9 Å². The highest BCUT2D eigenvalue weighted by atomic mass is 16.5. The number of methoxy groups -OCH3 is 2. The normalized spacial score (nSPS) is 13.4. The average molecular weight is 282 g/mol. The van der Waals surface area contributed by atoms with Crippen LogP contribution in [0.25, 0.3) is 0 Å². The molecule has 0 aliphatic heterocycles. The summed E-state index contributed by atoms with van der Waals surface area (Å²) in [6, 6.07) is 5.10. The largest absolute Gasteiger partial charge is 0.497 e. The molecule has 5 nitrogen and oxygen atoms in total. The Kier molecular flexibility index (Phi) is 6.31. The Morgan fingerprint density at radius 1 is 1.25 bits per heavy atom. The van der Waals surface area contributed by atoms with Crippen LogP contribution in [0.1, 0.15) is 31.9 Å². The summed E-state index contributed by atoms with van der Waals surface area (Å²) in [4.78, 5) is 11.9. The van der Waals surface area contributed by atoms with Gasteiger partial charge in [-0.15, -0.1) is 0 Å². The highest BCUT2D eigenvalue weighted by Gasteiger charge is 2.29. The number of carbonyl (C=O) groups is 1. The molecule has 1 aromatic carbocycles. The molecule has 1 N–H and O–H groups in total.